The SMILES string of the molecule is C=C[C@H](O)CCOC. The number of aliphatic hydroxyl groups is 1. The first-order valence-corrected chi connectivity index (χ1v) is 2.60. The molecule has 1 N–H and O–H groups in total. The summed E-state index contributed by atoms with van der Waals surface area (Å²) < 4.78 is 4.71. The Morgan fingerprint density at radius 2 is 2.50 bits per heavy atom. The molecule has 8 heavy (non-hydrogen) atoms. The van der Waals surface area contributed by atoms with Crippen LogP contribution in [-0.2, 0) is 4.74 Å². The Morgan fingerprint density at radius 3 is 2.88 bits per heavy atom. The highest BCUT2D eigenvalue weighted by atomic mass is 16.5. The van der Waals surface area contributed by atoms with Gasteiger partial charge in [-0.3, -0.25) is 0 Å². The molecule has 0 bridgehead atoms. The van der Waals surface area contributed by atoms with Crippen LogP contribution in [0.3, 0.4) is 0 Å². The molecule has 2 nitrogen and oxygen atoms in total. The van der Waals surface area contributed by atoms with Crippen LogP contribution in [0.1, 0.15) is 6.42 Å². The van der Waals surface area contributed by atoms with Gasteiger partial charge in [-0.2, -0.15) is 0 Å². The van der Waals surface area contributed by atoms with Crippen molar-refractivity contribution in [3.63, 3.8) is 0 Å². The van der Waals surface area contributed by atoms with Crippen LogP contribution in [0, 0.1) is 0 Å². The van der Waals surface area contributed by atoms with Gasteiger partial charge in [0.15, 0.2) is 0 Å². The number of methoxy groups -OCH3 is 1. The third-order valence-electron chi connectivity index (χ3n) is 0.890. The van der Waals surface area contributed by atoms with Gasteiger partial charge in [-0.1, -0.05) is 6.08 Å². The molecule has 0 fully saturated rings. The summed E-state index contributed by atoms with van der Waals surface area (Å²) in [7, 11) is 1.61. The summed E-state index contributed by atoms with van der Waals surface area (Å²) in [5.41, 5.74) is 0. The van der Waals surface area contributed by atoms with Crippen molar-refractivity contribution in [1.29, 1.82) is 0 Å². The number of ether oxygens (including phenoxy) is 1. The Bertz CT molecular complexity index is 61.5. The standard InChI is InChI=1S/C6H12O2/c1-3-6(7)4-5-8-2/h3,6-7H,1,4-5H2,2H3/t6-/m0/s1. The summed E-state index contributed by atoms with van der Waals surface area (Å²) in [5, 5.41) is 8.79. The van der Waals surface area contributed by atoms with Crippen molar-refractivity contribution in [2.45, 2.75) is 12.5 Å². The van der Waals surface area contributed by atoms with Crippen molar-refractivity contribution in [1.82, 2.24) is 0 Å². The summed E-state index contributed by atoms with van der Waals surface area (Å²) in [6, 6.07) is 0. The van der Waals surface area contributed by atoms with Crippen LogP contribution in [0.25, 0.3) is 0 Å². The molecule has 0 radical (unpaired) electrons. The highest BCUT2D eigenvalue weighted by Gasteiger charge is 1.93. The number of hydrogen-bond acceptors (Lipinski definition) is 2. The second-order valence-electron chi connectivity index (χ2n) is 1.58. The molecule has 0 saturated carbocycles. The fourth-order valence-electron chi connectivity index (χ4n) is 0.356. The highest BCUT2D eigenvalue weighted by Crippen LogP contribution is 1.90. The molecule has 48 valence electrons. The van der Waals surface area contributed by atoms with Gasteiger partial charge in [0.25, 0.3) is 0 Å². The molecule has 0 amide bonds. The second kappa shape index (κ2) is 4.81. The molecule has 0 aromatic rings. The lowest BCUT2D eigenvalue weighted by Crippen LogP contribution is -2.04. The van der Waals surface area contributed by atoms with Gasteiger partial charge < -0.3 is 9.84 Å². The van der Waals surface area contributed by atoms with Gasteiger partial charge in [0.1, 0.15) is 0 Å². The number of rotatable bonds is 4. The molecule has 0 aromatic heterocycles. The van der Waals surface area contributed by atoms with E-state index in [1.807, 2.05) is 0 Å². The summed E-state index contributed by atoms with van der Waals surface area (Å²) in [6.45, 7) is 4.00. The average Bonchev–Trinajstić information content (AvgIpc) is 1.83. The zero-order valence-corrected chi connectivity index (χ0v) is 5.13. The first-order valence-electron chi connectivity index (χ1n) is 2.60. The van der Waals surface area contributed by atoms with E-state index >= 15 is 0 Å². The van der Waals surface area contributed by atoms with Crippen molar-refractivity contribution in [3.8, 4) is 0 Å². The van der Waals surface area contributed by atoms with Gasteiger partial charge in [0.2, 0.25) is 0 Å². The van der Waals surface area contributed by atoms with E-state index in [1.54, 1.807) is 7.11 Å². The normalized spacial score (nSPS) is 13.2. The summed E-state index contributed by atoms with van der Waals surface area (Å²) in [4.78, 5) is 0. The predicted octanol–water partition coefficient (Wildman–Crippen LogP) is 0.570. The molecule has 0 aliphatic heterocycles. The van der Waals surface area contributed by atoms with Crippen LogP contribution in [0.15, 0.2) is 12.7 Å². The molecular formula is C6H12O2. The van der Waals surface area contributed by atoms with Gasteiger partial charge >= 0.3 is 0 Å². The van der Waals surface area contributed by atoms with E-state index in [9.17, 15) is 0 Å². The van der Waals surface area contributed by atoms with Crippen molar-refractivity contribution >= 4 is 0 Å². The molecule has 2 heteroatoms. The minimum atomic E-state index is -0.407. The average molecular weight is 116 g/mol. The van der Waals surface area contributed by atoms with Crippen LogP contribution < -0.4 is 0 Å². The lowest BCUT2D eigenvalue weighted by Gasteiger charge is -2.01. The summed E-state index contributed by atoms with van der Waals surface area (Å²) in [5.74, 6) is 0. The van der Waals surface area contributed by atoms with E-state index in [0.717, 1.165) is 0 Å². The number of hydrogen-bond donors (Lipinski definition) is 1. The Hall–Kier alpha value is -0.340. The lowest BCUT2D eigenvalue weighted by atomic mass is 10.3. The predicted molar refractivity (Wildman–Crippen MR) is 32.7 cm³/mol. The highest BCUT2D eigenvalue weighted by molar-refractivity contribution is 4.76. The maximum Gasteiger partial charge on any atom is 0.0740 e. The Balaban J connectivity index is 2.98. The zero-order valence-electron chi connectivity index (χ0n) is 5.13. The maximum absolute atomic E-state index is 8.79. The largest absolute Gasteiger partial charge is 0.389 e. The molecule has 0 unspecified atom stereocenters. The van der Waals surface area contributed by atoms with Crippen LogP contribution in [0.5, 0.6) is 0 Å². The topological polar surface area (TPSA) is 29.5 Å². The Kier molecular flexibility index (Phi) is 4.61. The van der Waals surface area contributed by atoms with Crippen LogP contribution in [-0.4, -0.2) is 24.9 Å². The molecule has 0 aliphatic carbocycles. The molecule has 0 rings (SSSR count). The van der Waals surface area contributed by atoms with Crippen LogP contribution >= 0.6 is 0 Å². The van der Waals surface area contributed by atoms with Crippen LogP contribution in [0.4, 0.5) is 0 Å². The quantitative estimate of drug-likeness (QED) is 0.544. The third-order valence-corrected chi connectivity index (χ3v) is 0.890. The fourth-order valence-corrected chi connectivity index (χ4v) is 0.356. The molecule has 0 heterocycles. The van der Waals surface area contributed by atoms with E-state index in [4.69, 9.17) is 9.84 Å². The van der Waals surface area contributed by atoms with Crippen molar-refractivity contribution in [2.75, 3.05) is 13.7 Å². The van der Waals surface area contributed by atoms with E-state index < -0.39 is 6.10 Å². The fraction of sp³-hybridized carbons (Fsp3) is 0.667. The smallest absolute Gasteiger partial charge is 0.0740 e. The number of aliphatic hydroxyl groups excluding tert-OH is 1. The van der Waals surface area contributed by atoms with E-state index in [0.29, 0.717) is 13.0 Å². The van der Waals surface area contributed by atoms with Crippen molar-refractivity contribution in [3.05, 3.63) is 12.7 Å². The lowest BCUT2D eigenvalue weighted by molar-refractivity contribution is 0.136. The zero-order chi connectivity index (χ0) is 6.41. The monoisotopic (exact) mass is 116 g/mol. The van der Waals surface area contributed by atoms with Crippen molar-refractivity contribution in [2.24, 2.45) is 0 Å². The first-order chi connectivity index (χ1) is 3.81. The van der Waals surface area contributed by atoms with Gasteiger partial charge in [0, 0.05) is 20.1 Å². The van der Waals surface area contributed by atoms with Gasteiger partial charge in [-0.15, -0.1) is 6.58 Å². The minimum Gasteiger partial charge on any atom is -0.389 e. The van der Waals surface area contributed by atoms with E-state index in [1.165, 1.54) is 6.08 Å². The van der Waals surface area contributed by atoms with Crippen molar-refractivity contribution < 1.29 is 9.84 Å². The third kappa shape index (κ3) is 3.84. The van der Waals surface area contributed by atoms with Gasteiger partial charge in [-0.05, 0) is 0 Å². The molecule has 1 atom stereocenters. The van der Waals surface area contributed by atoms with E-state index in [-0.39, 0.29) is 0 Å². The Labute approximate surface area is 49.8 Å². The second-order valence-corrected chi connectivity index (χ2v) is 1.58. The summed E-state index contributed by atoms with van der Waals surface area (Å²) in [6.07, 6.45) is 1.73. The van der Waals surface area contributed by atoms with Crippen LogP contribution in [0.2, 0.25) is 0 Å². The molecule has 0 aromatic carbocycles. The minimum absolute atomic E-state index is 0.407. The first kappa shape index (κ1) is 7.66. The molecule has 0 spiro atoms. The molecular weight excluding hydrogens is 104 g/mol. The van der Waals surface area contributed by atoms with E-state index in [2.05, 4.69) is 6.58 Å². The summed E-state index contributed by atoms with van der Waals surface area (Å²) >= 11 is 0. The maximum atomic E-state index is 8.79. The Morgan fingerprint density at radius 1 is 1.88 bits per heavy atom. The molecule has 0 saturated heterocycles. The van der Waals surface area contributed by atoms with Gasteiger partial charge in [-0.25, -0.2) is 0 Å². The van der Waals surface area contributed by atoms with Gasteiger partial charge in [0.05, 0.1) is 6.10 Å². The molecule has 0 aliphatic rings.